The summed E-state index contributed by atoms with van der Waals surface area (Å²) in [4.78, 5) is 17.0. The number of rotatable bonds is 3. The van der Waals surface area contributed by atoms with Crippen molar-refractivity contribution in [1.29, 1.82) is 5.26 Å². The van der Waals surface area contributed by atoms with Crippen LogP contribution in [0.1, 0.15) is 19.4 Å². The van der Waals surface area contributed by atoms with Gasteiger partial charge in [-0.2, -0.15) is 5.26 Å². The number of carbonyl (C=O) groups excluding carboxylic acids is 1. The number of phenols is 1. The highest BCUT2D eigenvalue weighted by Gasteiger charge is 2.61. The first kappa shape index (κ1) is 18.4. The number of carbonyl (C=O) groups is 1. The molecule has 2 aromatic rings. The highest BCUT2D eigenvalue weighted by Crippen LogP contribution is 2.55. The van der Waals surface area contributed by atoms with E-state index in [1.165, 1.54) is 19.2 Å². The molecule has 2 aliphatic heterocycles. The lowest BCUT2D eigenvalue weighted by molar-refractivity contribution is -0.123. The molecule has 2 heterocycles. The molecular weight excluding hydrogens is 381 g/mol. The van der Waals surface area contributed by atoms with Crippen LogP contribution in [-0.2, 0) is 4.79 Å². The Morgan fingerprint density at radius 2 is 1.93 bits per heavy atom. The van der Waals surface area contributed by atoms with Gasteiger partial charge in [-0.15, -0.1) is 11.8 Å². The van der Waals surface area contributed by atoms with Gasteiger partial charge in [0.2, 0.25) is 0 Å². The number of ether oxygens (including phenoxy) is 1. The highest BCUT2D eigenvalue weighted by molar-refractivity contribution is 8.08. The first-order chi connectivity index (χ1) is 13.3. The van der Waals surface area contributed by atoms with Crippen molar-refractivity contribution < 1.29 is 19.0 Å². The van der Waals surface area contributed by atoms with Crippen molar-refractivity contribution in [3.63, 3.8) is 0 Å². The van der Waals surface area contributed by atoms with Crippen molar-refractivity contribution in [1.82, 2.24) is 0 Å². The Labute approximate surface area is 166 Å². The Balaban J connectivity index is 1.72. The van der Waals surface area contributed by atoms with E-state index >= 15 is 0 Å². The fraction of sp³-hybridized carbons (Fsp3) is 0.300. The third-order valence-corrected chi connectivity index (χ3v) is 6.27. The van der Waals surface area contributed by atoms with Crippen molar-refractivity contribution in [3.05, 3.63) is 47.8 Å². The monoisotopic (exact) mass is 399 g/mol. The van der Waals surface area contributed by atoms with Gasteiger partial charge in [0.15, 0.2) is 11.6 Å². The molecule has 0 bridgehead atoms. The third kappa shape index (κ3) is 2.66. The predicted octanol–water partition coefficient (Wildman–Crippen LogP) is 3.44. The fourth-order valence-corrected chi connectivity index (χ4v) is 4.89. The minimum absolute atomic E-state index is 0.0433. The smallest absolute Gasteiger partial charge is 0.253 e. The third-order valence-electron chi connectivity index (χ3n) is 5.09. The van der Waals surface area contributed by atoms with Crippen LogP contribution >= 0.6 is 11.8 Å². The molecule has 6 nitrogen and oxygen atoms in total. The number of thioether (sulfide) groups is 1. The average molecular weight is 399 g/mol. The zero-order valence-corrected chi connectivity index (χ0v) is 16.3. The number of benzene rings is 2. The second-order valence-electron chi connectivity index (χ2n) is 7.15. The lowest BCUT2D eigenvalue weighted by Crippen LogP contribution is -2.63. The number of hydrogen-bond donors (Lipinski definition) is 1. The molecule has 0 aromatic heterocycles. The van der Waals surface area contributed by atoms with Gasteiger partial charge < -0.3 is 14.7 Å². The zero-order valence-electron chi connectivity index (χ0n) is 15.5. The van der Waals surface area contributed by atoms with Gasteiger partial charge in [-0.25, -0.2) is 4.39 Å². The van der Waals surface area contributed by atoms with E-state index in [-0.39, 0.29) is 16.7 Å². The summed E-state index contributed by atoms with van der Waals surface area (Å²) in [5.41, 5.74) is 0.669. The van der Waals surface area contributed by atoms with Crippen LogP contribution < -0.4 is 14.5 Å². The summed E-state index contributed by atoms with van der Waals surface area (Å²) in [6, 6.07) is 11.3. The van der Waals surface area contributed by atoms with E-state index in [1.807, 2.05) is 4.90 Å². The van der Waals surface area contributed by atoms with Crippen LogP contribution in [0.5, 0.6) is 11.5 Å². The molecule has 2 fully saturated rings. The van der Waals surface area contributed by atoms with E-state index in [0.717, 1.165) is 0 Å². The van der Waals surface area contributed by atoms with E-state index in [4.69, 9.17) is 4.74 Å². The Bertz CT molecular complexity index is 1020. The van der Waals surface area contributed by atoms with Gasteiger partial charge in [-0.1, -0.05) is 0 Å². The normalized spacial score (nSPS) is 22.5. The Hall–Kier alpha value is -2.92. The van der Waals surface area contributed by atoms with Crippen LogP contribution in [-0.4, -0.2) is 34.4 Å². The molecule has 2 aliphatic rings. The van der Waals surface area contributed by atoms with Gasteiger partial charge in [0, 0.05) is 23.5 Å². The van der Waals surface area contributed by atoms with E-state index in [0.29, 0.717) is 22.7 Å². The molecule has 2 saturated heterocycles. The minimum Gasteiger partial charge on any atom is -0.505 e. The van der Waals surface area contributed by atoms with Gasteiger partial charge in [0.05, 0.1) is 12.7 Å². The SMILES string of the molecule is COc1cc(N2C(=O)C(C)(C)N(c3ccc(O)c(F)c3)C3SC32)ccc1C#N. The number of nitrogens with zero attached hydrogens (tertiary/aromatic N) is 3. The van der Waals surface area contributed by atoms with Crippen LogP contribution in [0.4, 0.5) is 15.8 Å². The Morgan fingerprint density at radius 3 is 2.57 bits per heavy atom. The number of phenolic OH excluding ortho intramolecular Hbond substituents is 1. The van der Waals surface area contributed by atoms with Crippen LogP contribution in [0.2, 0.25) is 0 Å². The molecule has 1 N–H and O–H groups in total. The molecule has 2 unspecified atom stereocenters. The summed E-state index contributed by atoms with van der Waals surface area (Å²) in [5.74, 6) is -0.867. The number of anilines is 2. The summed E-state index contributed by atoms with van der Waals surface area (Å²) in [6.07, 6.45) is 0. The summed E-state index contributed by atoms with van der Waals surface area (Å²) < 4.78 is 19.2. The molecule has 0 saturated carbocycles. The zero-order chi connectivity index (χ0) is 20.2. The van der Waals surface area contributed by atoms with Crippen LogP contribution in [0.25, 0.3) is 0 Å². The molecule has 1 amide bonds. The van der Waals surface area contributed by atoms with Crippen molar-refractivity contribution in [2.45, 2.75) is 30.1 Å². The van der Waals surface area contributed by atoms with Gasteiger partial charge in [-0.05, 0) is 38.1 Å². The summed E-state index contributed by atoms with van der Waals surface area (Å²) in [6.45, 7) is 3.59. The topological polar surface area (TPSA) is 76.8 Å². The second-order valence-corrected chi connectivity index (χ2v) is 8.39. The van der Waals surface area contributed by atoms with E-state index in [9.17, 15) is 19.6 Å². The summed E-state index contributed by atoms with van der Waals surface area (Å²) >= 11 is 1.58. The fourth-order valence-electron chi connectivity index (χ4n) is 3.61. The van der Waals surface area contributed by atoms with E-state index < -0.39 is 17.1 Å². The van der Waals surface area contributed by atoms with E-state index in [1.54, 1.807) is 54.8 Å². The lowest BCUT2D eigenvalue weighted by Gasteiger charge is -2.45. The van der Waals surface area contributed by atoms with Gasteiger partial charge in [-0.3, -0.25) is 9.69 Å². The molecule has 0 radical (unpaired) electrons. The number of aromatic hydroxyl groups is 1. The number of halogens is 1. The molecule has 0 spiro atoms. The van der Waals surface area contributed by atoms with Gasteiger partial charge in [0.1, 0.15) is 28.1 Å². The molecule has 2 atom stereocenters. The van der Waals surface area contributed by atoms with Crippen molar-refractivity contribution >= 4 is 29.0 Å². The maximum absolute atomic E-state index is 13.9. The minimum atomic E-state index is -0.935. The highest BCUT2D eigenvalue weighted by atomic mass is 32.2. The average Bonchev–Trinajstić information content (AvgIpc) is 3.44. The predicted molar refractivity (Wildman–Crippen MR) is 105 cm³/mol. The summed E-state index contributed by atoms with van der Waals surface area (Å²) in [7, 11) is 1.48. The van der Waals surface area contributed by atoms with Gasteiger partial charge in [0.25, 0.3) is 5.91 Å². The molecule has 2 aromatic carbocycles. The first-order valence-electron chi connectivity index (χ1n) is 8.64. The van der Waals surface area contributed by atoms with E-state index in [2.05, 4.69) is 6.07 Å². The lowest BCUT2D eigenvalue weighted by atomic mass is 9.95. The first-order valence-corrected chi connectivity index (χ1v) is 9.59. The number of piperazine rings is 1. The largest absolute Gasteiger partial charge is 0.505 e. The maximum atomic E-state index is 13.9. The number of hydrogen-bond acceptors (Lipinski definition) is 6. The van der Waals surface area contributed by atoms with Gasteiger partial charge >= 0.3 is 0 Å². The second kappa shape index (κ2) is 6.31. The number of methoxy groups -OCH3 is 1. The Morgan fingerprint density at radius 1 is 1.21 bits per heavy atom. The molecule has 28 heavy (non-hydrogen) atoms. The number of nitriles is 1. The number of amides is 1. The quantitative estimate of drug-likeness (QED) is 0.797. The maximum Gasteiger partial charge on any atom is 0.253 e. The molecule has 4 rings (SSSR count). The molecule has 144 valence electrons. The van der Waals surface area contributed by atoms with Crippen LogP contribution in [0, 0.1) is 17.1 Å². The van der Waals surface area contributed by atoms with Crippen molar-refractivity contribution in [3.8, 4) is 17.6 Å². The standard InChI is InChI=1S/C20H18FN3O3S/c1-20(2)19(26)23(12-5-4-11(10-22)16(9-12)27-3)17-18(28-17)24(20)13-6-7-15(25)14(21)8-13/h4-9,17-18,25H,1-3H3. The molecule has 8 heteroatoms. The van der Waals surface area contributed by atoms with Crippen molar-refractivity contribution in [2.24, 2.45) is 0 Å². The number of fused-ring (bicyclic) bond motifs is 1. The van der Waals surface area contributed by atoms with Crippen LogP contribution in [0.15, 0.2) is 36.4 Å². The molecular formula is C20H18FN3O3S. The molecule has 0 aliphatic carbocycles. The summed E-state index contributed by atoms with van der Waals surface area (Å²) in [5, 5.41) is 18.5. The van der Waals surface area contributed by atoms with Crippen LogP contribution in [0.3, 0.4) is 0 Å². The van der Waals surface area contributed by atoms with Crippen molar-refractivity contribution in [2.75, 3.05) is 16.9 Å². The Kier molecular flexibility index (Phi) is 4.16.